The minimum absolute atomic E-state index is 0.0248. The van der Waals surface area contributed by atoms with E-state index < -0.39 is 0 Å². The van der Waals surface area contributed by atoms with Crippen LogP contribution in [-0.2, 0) is 17.9 Å². The summed E-state index contributed by atoms with van der Waals surface area (Å²) in [6, 6.07) is 10.9. The zero-order chi connectivity index (χ0) is 18.5. The summed E-state index contributed by atoms with van der Waals surface area (Å²) in [5.41, 5.74) is 1.66. The number of aromatic nitrogens is 2. The Morgan fingerprint density at radius 1 is 1.15 bits per heavy atom. The van der Waals surface area contributed by atoms with Crippen LogP contribution in [0.3, 0.4) is 0 Å². The topological polar surface area (TPSA) is 80.4 Å². The molecule has 0 unspecified atom stereocenters. The van der Waals surface area contributed by atoms with Crippen LogP contribution < -0.4 is 5.32 Å². The lowest BCUT2D eigenvalue weighted by Gasteiger charge is -2.20. The second kappa shape index (κ2) is 7.86. The number of hydrogen-bond donors (Lipinski definition) is 1. The maximum atomic E-state index is 12.6. The van der Waals surface area contributed by atoms with Crippen LogP contribution in [-0.4, -0.2) is 39.4 Å². The summed E-state index contributed by atoms with van der Waals surface area (Å²) in [6.07, 6.45) is 1.45. The monoisotopic (exact) mass is 354 g/mol. The smallest absolute Gasteiger partial charge is 0.287 e. The minimum Gasteiger partial charge on any atom is -0.459 e. The highest BCUT2D eigenvalue weighted by atomic mass is 16.3. The number of para-hydroxylation sites is 2. The molecule has 3 rings (SSSR count). The zero-order valence-electron chi connectivity index (χ0n) is 14.9. The Hall–Kier alpha value is -3.09. The number of likely N-dealkylation sites (N-methyl/N-ethyl adjacent to an activating group) is 1. The molecule has 7 heteroatoms. The van der Waals surface area contributed by atoms with Crippen LogP contribution in [0.2, 0.25) is 0 Å². The molecule has 136 valence electrons. The third kappa shape index (κ3) is 3.61. The highest BCUT2D eigenvalue weighted by Crippen LogP contribution is 2.16. The number of benzene rings is 1. The highest BCUT2D eigenvalue weighted by molar-refractivity contribution is 5.91. The van der Waals surface area contributed by atoms with E-state index in [1.807, 2.05) is 42.7 Å². The number of nitrogens with zero attached hydrogens (tertiary/aromatic N) is 3. The molecule has 0 aliphatic rings. The largest absolute Gasteiger partial charge is 0.459 e. The number of imidazole rings is 1. The van der Waals surface area contributed by atoms with Gasteiger partial charge in [-0.25, -0.2) is 4.98 Å². The number of nitrogens with one attached hydrogen (secondary N) is 1. The van der Waals surface area contributed by atoms with Gasteiger partial charge in [-0.2, -0.15) is 0 Å². The van der Waals surface area contributed by atoms with Gasteiger partial charge in [0.15, 0.2) is 5.76 Å². The third-order valence-electron chi connectivity index (χ3n) is 4.30. The normalized spacial score (nSPS) is 10.8. The number of carbonyl (C=O) groups excluding carboxylic acids is 2. The van der Waals surface area contributed by atoms with E-state index in [1.54, 1.807) is 17.0 Å². The van der Waals surface area contributed by atoms with Gasteiger partial charge in [0, 0.05) is 13.1 Å². The Morgan fingerprint density at radius 3 is 2.62 bits per heavy atom. The van der Waals surface area contributed by atoms with Crippen molar-refractivity contribution >= 4 is 22.8 Å². The molecule has 1 N–H and O–H groups in total. The van der Waals surface area contributed by atoms with Crippen molar-refractivity contribution < 1.29 is 14.0 Å². The van der Waals surface area contributed by atoms with Crippen molar-refractivity contribution in [3.8, 4) is 0 Å². The Balaban J connectivity index is 1.84. The van der Waals surface area contributed by atoms with Gasteiger partial charge in [0.05, 0.1) is 23.8 Å². The number of rotatable bonds is 7. The highest BCUT2D eigenvalue weighted by Gasteiger charge is 2.17. The Labute approximate surface area is 151 Å². The number of amides is 2. The predicted molar refractivity (Wildman–Crippen MR) is 97.5 cm³/mol. The predicted octanol–water partition coefficient (Wildman–Crippen LogP) is 2.43. The Morgan fingerprint density at radius 2 is 1.92 bits per heavy atom. The molecule has 0 saturated heterocycles. The first-order valence-corrected chi connectivity index (χ1v) is 8.67. The Kier molecular flexibility index (Phi) is 5.36. The van der Waals surface area contributed by atoms with E-state index in [0.29, 0.717) is 18.9 Å². The first-order chi connectivity index (χ1) is 12.6. The van der Waals surface area contributed by atoms with Crippen molar-refractivity contribution in [3.05, 3.63) is 54.2 Å². The van der Waals surface area contributed by atoms with Crippen molar-refractivity contribution in [2.45, 2.75) is 26.9 Å². The first-order valence-electron chi connectivity index (χ1n) is 8.67. The zero-order valence-corrected chi connectivity index (χ0v) is 14.9. The fraction of sp³-hybridized carbons (Fsp3) is 0.316. The van der Waals surface area contributed by atoms with Gasteiger partial charge < -0.3 is 19.2 Å². The Bertz CT molecular complexity index is 895. The summed E-state index contributed by atoms with van der Waals surface area (Å²) >= 11 is 0. The maximum Gasteiger partial charge on any atom is 0.287 e. The van der Waals surface area contributed by atoms with Crippen LogP contribution in [0.15, 0.2) is 47.1 Å². The van der Waals surface area contributed by atoms with Crippen LogP contribution in [0.1, 0.15) is 30.2 Å². The molecule has 0 aliphatic carbocycles. The van der Waals surface area contributed by atoms with Gasteiger partial charge in [0.2, 0.25) is 5.91 Å². The number of carbonyl (C=O) groups is 2. The van der Waals surface area contributed by atoms with Gasteiger partial charge in [-0.3, -0.25) is 9.59 Å². The van der Waals surface area contributed by atoms with Crippen LogP contribution in [0.25, 0.3) is 11.0 Å². The molecule has 0 bridgehead atoms. The lowest BCUT2D eigenvalue weighted by molar-refractivity contribution is -0.131. The van der Waals surface area contributed by atoms with E-state index in [1.165, 1.54) is 6.26 Å². The van der Waals surface area contributed by atoms with Crippen LogP contribution in [0, 0.1) is 0 Å². The molecular weight excluding hydrogens is 332 g/mol. The summed E-state index contributed by atoms with van der Waals surface area (Å²) in [7, 11) is 0. The van der Waals surface area contributed by atoms with Crippen molar-refractivity contribution in [3.63, 3.8) is 0 Å². The molecular formula is C19H22N4O3. The molecule has 2 heterocycles. The van der Waals surface area contributed by atoms with Crippen LogP contribution in [0.4, 0.5) is 0 Å². The molecule has 0 radical (unpaired) electrons. The van der Waals surface area contributed by atoms with Crippen molar-refractivity contribution in [2.24, 2.45) is 0 Å². The third-order valence-corrected chi connectivity index (χ3v) is 4.30. The fourth-order valence-corrected chi connectivity index (χ4v) is 2.90. The second-order valence-corrected chi connectivity index (χ2v) is 5.83. The minimum atomic E-state index is -0.316. The molecule has 2 aromatic heterocycles. The average Bonchev–Trinajstić information content (AvgIpc) is 3.29. The van der Waals surface area contributed by atoms with E-state index >= 15 is 0 Å². The molecule has 2 amide bonds. The van der Waals surface area contributed by atoms with E-state index in [9.17, 15) is 9.59 Å². The molecule has 1 aromatic carbocycles. The second-order valence-electron chi connectivity index (χ2n) is 5.83. The van der Waals surface area contributed by atoms with Crippen LogP contribution >= 0.6 is 0 Å². The van der Waals surface area contributed by atoms with Crippen LogP contribution in [0.5, 0.6) is 0 Å². The molecule has 0 atom stereocenters. The van der Waals surface area contributed by atoms with Crippen molar-refractivity contribution in [2.75, 3.05) is 13.1 Å². The van der Waals surface area contributed by atoms with E-state index in [2.05, 4.69) is 10.3 Å². The molecule has 0 saturated carbocycles. The standard InChI is InChI=1S/C19H22N4O3/c1-3-22(4-2)18(24)13-23-15-9-6-5-8-14(15)21-17(23)12-20-19(25)16-10-7-11-26-16/h5-11H,3-4,12-13H2,1-2H3,(H,20,25). The van der Waals surface area contributed by atoms with Gasteiger partial charge >= 0.3 is 0 Å². The van der Waals surface area contributed by atoms with Crippen molar-refractivity contribution in [1.82, 2.24) is 19.8 Å². The van der Waals surface area contributed by atoms with Crippen molar-refractivity contribution in [1.29, 1.82) is 0 Å². The van der Waals surface area contributed by atoms with Gasteiger partial charge in [-0.05, 0) is 38.1 Å². The van der Waals surface area contributed by atoms with Gasteiger partial charge in [0.1, 0.15) is 12.4 Å². The quantitative estimate of drug-likeness (QED) is 0.707. The summed E-state index contributed by atoms with van der Waals surface area (Å²) in [4.78, 5) is 31.0. The van der Waals surface area contributed by atoms with Gasteiger partial charge in [-0.1, -0.05) is 12.1 Å². The van der Waals surface area contributed by atoms with Gasteiger partial charge in [0.25, 0.3) is 5.91 Å². The summed E-state index contributed by atoms with van der Waals surface area (Å²) in [5.74, 6) is 0.582. The molecule has 7 nitrogen and oxygen atoms in total. The molecule has 0 fully saturated rings. The SMILES string of the molecule is CCN(CC)C(=O)Cn1c(CNC(=O)c2ccco2)nc2ccccc21. The molecule has 0 aliphatic heterocycles. The summed E-state index contributed by atoms with van der Waals surface area (Å²) in [5, 5.41) is 2.79. The van der Waals surface area contributed by atoms with E-state index in [0.717, 1.165) is 11.0 Å². The molecule has 0 spiro atoms. The fourth-order valence-electron chi connectivity index (χ4n) is 2.90. The number of fused-ring (bicyclic) bond motifs is 1. The number of hydrogen-bond acceptors (Lipinski definition) is 4. The maximum absolute atomic E-state index is 12.6. The number of furan rings is 1. The van der Waals surface area contributed by atoms with E-state index in [-0.39, 0.29) is 30.7 Å². The lowest BCUT2D eigenvalue weighted by Crippen LogP contribution is -2.34. The average molecular weight is 354 g/mol. The first kappa shape index (κ1) is 17.7. The summed E-state index contributed by atoms with van der Waals surface area (Å²) in [6.45, 7) is 5.63. The molecule has 26 heavy (non-hydrogen) atoms. The molecule has 3 aromatic rings. The lowest BCUT2D eigenvalue weighted by atomic mass is 10.3. The van der Waals surface area contributed by atoms with Gasteiger partial charge in [-0.15, -0.1) is 0 Å². The van der Waals surface area contributed by atoms with E-state index in [4.69, 9.17) is 4.42 Å². The summed E-state index contributed by atoms with van der Waals surface area (Å²) < 4.78 is 6.96.